The fourth-order valence-corrected chi connectivity index (χ4v) is 2.53. The van der Waals surface area contributed by atoms with Crippen molar-refractivity contribution in [1.82, 2.24) is 9.88 Å². The predicted octanol–water partition coefficient (Wildman–Crippen LogP) is 1.07. The Morgan fingerprint density at radius 2 is 2.44 bits per heavy atom. The smallest absolute Gasteiger partial charge is 0.255 e. The second-order valence-electron chi connectivity index (χ2n) is 4.28. The van der Waals surface area contributed by atoms with E-state index in [1.165, 1.54) is 6.20 Å². The van der Waals surface area contributed by atoms with Gasteiger partial charge in [0.1, 0.15) is 0 Å². The summed E-state index contributed by atoms with van der Waals surface area (Å²) in [6.07, 6.45) is 3.82. The molecule has 1 amide bonds. The third kappa shape index (κ3) is 2.71. The number of aliphatic hydroxyl groups excluding tert-OH is 1. The highest BCUT2D eigenvalue weighted by Crippen LogP contribution is 2.22. The Morgan fingerprint density at radius 1 is 1.67 bits per heavy atom. The van der Waals surface area contributed by atoms with Gasteiger partial charge in [-0.3, -0.25) is 9.78 Å². The van der Waals surface area contributed by atoms with Crippen molar-refractivity contribution in [1.29, 1.82) is 0 Å². The summed E-state index contributed by atoms with van der Waals surface area (Å²) in [5.74, 6) is -0.123. The van der Waals surface area contributed by atoms with Gasteiger partial charge in [-0.1, -0.05) is 0 Å². The molecule has 1 fully saturated rings. The zero-order chi connectivity index (χ0) is 13.1. The molecule has 0 radical (unpaired) electrons. The summed E-state index contributed by atoms with van der Waals surface area (Å²) < 4.78 is 6.01. The van der Waals surface area contributed by atoms with Crippen LogP contribution in [0.15, 0.2) is 22.9 Å². The summed E-state index contributed by atoms with van der Waals surface area (Å²) in [4.78, 5) is 18.0. The summed E-state index contributed by atoms with van der Waals surface area (Å²) >= 11 is 3.29. The van der Waals surface area contributed by atoms with E-state index in [-0.39, 0.29) is 24.7 Å². The highest BCUT2D eigenvalue weighted by atomic mass is 79.9. The number of nitrogens with zero attached hydrogens (tertiary/aromatic N) is 2. The molecule has 1 aliphatic rings. The first-order valence-corrected chi connectivity index (χ1v) is 6.50. The highest BCUT2D eigenvalue weighted by molar-refractivity contribution is 9.10. The van der Waals surface area contributed by atoms with Gasteiger partial charge < -0.3 is 14.7 Å². The second-order valence-corrected chi connectivity index (χ2v) is 5.19. The standard InChI is InChI=1S/C12H15BrN2O3/c1-18-11-3-10(7-16)15(6-11)12(17)8-2-9(13)5-14-4-8/h2,4-5,10-11,16H,3,6-7H2,1H3/t10-,11+/m0/s1. The van der Waals surface area contributed by atoms with E-state index in [2.05, 4.69) is 20.9 Å². The van der Waals surface area contributed by atoms with E-state index in [9.17, 15) is 9.90 Å². The van der Waals surface area contributed by atoms with Crippen LogP contribution >= 0.6 is 15.9 Å². The number of likely N-dealkylation sites (tertiary alicyclic amines) is 1. The summed E-state index contributed by atoms with van der Waals surface area (Å²) in [5.41, 5.74) is 0.513. The van der Waals surface area contributed by atoms with Crippen LogP contribution < -0.4 is 0 Å². The van der Waals surface area contributed by atoms with Crippen molar-refractivity contribution in [3.8, 4) is 0 Å². The van der Waals surface area contributed by atoms with Crippen molar-refractivity contribution >= 4 is 21.8 Å². The van der Waals surface area contributed by atoms with Crippen molar-refractivity contribution in [3.63, 3.8) is 0 Å². The molecular formula is C12H15BrN2O3. The number of amides is 1. The lowest BCUT2D eigenvalue weighted by atomic mass is 10.2. The second kappa shape index (κ2) is 5.77. The number of carbonyl (C=O) groups is 1. The molecular weight excluding hydrogens is 300 g/mol. The van der Waals surface area contributed by atoms with Crippen molar-refractivity contribution < 1.29 is 14.6 Å². The number of methoxy groups -OCH3 is 1. The van der Waals surface area contributed by atoms with Gasteiger partial charge in [-0.25, -0.2) is 0 Å². The van der Waals surface area contributed by atoms with Crippen LogP contribution in [0.5, 0.6) is 0 Å². The van der Waals surface area contributed by atoms with Crippen LogP contribution in [-0.2, 0) is 4.74 Å². The zero-order valence-electron chi connectivity index (χ0n) is 10.0. The van der Waals surface area contributed by atoms with Gasteiger partial charge in [0.15, 0.2) is 0 Å². The van der Waals surface area contributed by atoms with Crippen LogP contribution in [0.4, 0.5) is 0 Å². The monoisotopic (exact) mass is 314 g/mol. The van der Waals surface area contributed by atoms with Crippen LogP contribution in [0, 0.1) is 0 Å². The quantitative estimate of drug-likeness (QED) is 0.906. The van der Waals surface area contributed by atoms with Gasteiger partial charge in [0, 0.05) is 30.5 Å². The number of ether oxygens (including phenoxy) is 1. The number of rotatable bonds is 3. The van der Waals surface area contributed by atoms with E-state index in [1.807, 2.05) is 0 Å². The number of carbonyl (C=O) groups excluding carboxylic acids is 1. The summed E-state index contributed by atoms with van der Waals surface area (Å²) in [5, 5.41) is 9.33. The Balaban J connectivity index is 2.17. The van der Waals surface area contributed by atoms with Crippen LogP contribution in [0.3, 0.4) is 0 Å². The molecule has 2 heterocycles. The number of halogens is 1. The van der Waals surface area contributed by atoms with Crippen LogP contribution in [0.1, 0.15) is 16.8 Å². The molecule has 5 nitrogen and oxygen atoms in total. The van der Waals surface area contributed by atoms with Gasteiger partial charge in [-0.2, -0.15) is 0 Å². The Labute approximate surface area is 114 Å². The lowest BCUT2D eigenvalue weighted by Crippen LogP contribution is -2.38. The topological polar surface area (TPSA) is 62.7 Å². The summed E-state index contributed by atoms with van der Waals surface area (Å²) in [6.45, 7) is 0.458. The van der Waals surface area contributed by atoms with Gasteiger partial charge in [-0.05, 0) is 28.4 Å². The molecule has 1 N–H and O–H groups in total. The third-order valence-electron chi connectivity index (χ3n) is 3.13. The van der Waals surface area contributed by atoms with Crippen LogP contribution in [0.25, 0.3) is 0 Å². The largest absolute Gasteiger partial charge is 0.394 e. The maximum atomic E-state index is 12.3. The average Bonchev–Trinajstić information content (AvgIpc) is 2.81. The normalized spacial score (nSPS) is 23.4. The first-order valence-electron chi connectivity index (χ1n) is 5.71. The minimum absolute atomic E-state index is 0.00814. The fourth-order valence-electron chi connectivity index (χ4n) is 2.16. The molecule has 1 aromatic heterocycles. The molecule has 0 spiro atoms. The van der Waals surface area contributed by atoms with Crippen molar-refractivity contribution in [3.05, 3.63) is 28.5 Å². The zero-order valence-corrected chi connectivity index (χ0v) is 11.6. The van der Waals surface area contributed by atoms with E-state index in [1.54, 1.807) is 24.3 Å². The molecule has 1 aromatic rings. The van der Waals surface area contributed by atoms with Gasteiger partial charge in [0.25, 0.3) is 5.91 Å². The molecule has 0 aromatic carbocycles. The molecule has 0 bridgehead atoms. The van der Waals surface area contributed by atoms with E-state index in [0.29, 0.717) is 18.5 Å². The minimum atomic E-state index is -0.179. The lowest BCUT2D eigenvalue weighted by molar-refractivity contribution is 0.0647. The lowest BCUT2D eigenvalue weighted by Gasteiger charge is -2.22. The first kappa shape index (κ1) is 13.5. The average molecular weight is 315 g/mol. The molecule has 2 atom stereocenters. The molecule has 0 saturated carbocycles. The van der Waals surface area contributed by atoms with E-state index >= 15 is 0 Å². The Kier molecular flexibility index (Phi) is 4.31. The maximum absolute atomic E-state index is 12.3. The van der Waals surface area contributed by atoms with E-state index in [4.69, 9.17) is 4.74 Å². The Morgan fingerprint density at radius 3 is 3.06 bits per heavy atom. The maximum Gasteiger partial charge on any atom is 0.255 e. The summed E-state index contributed by atoms with van der Waals surface area (Å²) in [6, 6.07) is 1.55. The number of aromatic nitrogens is 1. The Bertz CT molecular complexity index is 441. The minimum Gasteiger partial charge on any atom is -0.394 e. The third-order valence-corrected chi connectivity index (χ3v) is 3.57. The van der Waals surface area contributed by atoms with Gasteiger partial charge in [0.05, 0.1) is 24.3 Å². The first-order chi connectivity index (χ1) is 8.65. The van der Waals surface area contributed by atoms with Crippen LogP contribution in [0.2, 0.25) is 0 Å². The molecule has 0 aliphatic carbocycles. The highest BCUT2D eigenvalue weighted by Gasteiger charge is 2.35. The fraction of sp³-hybridized carbons (Fsp3) is 0.500. The van der Waals surface area contributed by atoms with Gasteiger partial charge in [0.2, 0.25) is 0 Å². The SMILES string of the molecule is CO[C@@H]1C[C@@H](CO)N(C(=O)c2cncc(Br)c2)C1. The van der Waals surface area contributed by atoms with Crippen LogP contribution in [-0.4, -0.2) is 53.3 Å². The molecule has 98 valence electrons. The number of aliphatic hydroxyl groups is 1. The number of pyridine rings is 1. The predicted molar refractivity (Wildman–Crippen MR) is 69.3 cm³/mol. The number of hydrogen-bond acceptors (Lipinski definition) is 4. The van der Waals surface area contributed by atoms with Crippen molar-refractivity contribution in [2.75, 3.05) is 20.3 Å². The summed E-state index contributed by atoms with van der Waals surface area (Å²) in [7, 11) is 1.62. The van der Waals surface area contributed by atoms with Gasteiger partial charge >= 0.3 is 0 Å². The molecule has 1 saturated heterocycles. The van der Waals surface area contributed by atoms with Gasteiger partial charge in [-0.15, -0.1) is 0 Å². The molecule has 6 heteroatoms. The Hall–Kier alpha value is -0.980. The molecule has 1 aliphatic heterocycles. The molecule has 0 unspecified atom stereocenters. The van der Waals surface area contributed by atoms with Crippen molar-refractivity contribution in [2.24, 2.45) is 0 Å². The van der Waals surface area contributed by atoms with Crippen molar-refractivity contribution in [2.45, 2.75) is 18.6 Å². The van der Waals surface area contributed by atoms with E-state index in [0.717, 1.165) is 4.47 Å². The number of hydrogen-bond donors (Lipinski definition) is 1. The molecule has 18 heavy (non-hydrogen) atoms. The molecule has 2 rings (SSSR count). The van der Waals surface area contributed by atoms with E-state index < -0.39 is 0 Å².